The van der Waals surface area contributed by atoms with E-state index in [0.717, 1.165) is 5.52 Å². The number of aromatic nitrogens is 1. The number of amides is 2. The van der Waals surface area contributed by atoms with Gasteiger partial charge in [-0.3, -0.25) is 9.59 Å². The number of oxazole rings is 1. The summed E-state index contributed by atoms with van der Waals surface area (Å²) in [6.07, 6.45) is 1.17. The summed E-state index contributed by atoms with van der Waals surface area (Å²) < 4.78 is 11.0. The molecule has 4 rings (SSSR count). The molecule has 168 valence electrons. The lowest BCUT2D eigenvalue weighted by Crippen LogP contribution is -2.41. The van der Waals surface area contributed by atoms with Crippen LogP contribution in [0.2, 0.25) is 5.02 Å². The predicted octanol–water partition coefficient (Wildman–Crippen LogP) is 5.10. The molecule has 0 bridgehead atoms. The number of fused-ring (bicyclic) bond motifs is 1. The molecule has 3 aromatic rings. The number of nitrogens with one attached hydrogen (secondary N) is 1. The van der Waals surface area contributed by atoms with Crippen LogP contribution in [0.1, 0.15) is 48.9 Å². The average molecular weight is 456 g/mol. The van der Waals surface area contributed by atoms with Gasteiger partial charge >= 0.3 is 0 Å². The van der Waals surface area contributed by atoms with Crippen molar-refractivity contribution in [2.75, 3.05) is 25.5 Å². The minimum absolute atomic E-state index is 0.0515. The Labute approximate surface area is 191 Å². The lowest BCUT2D eigenvalue weighted by atomic mass is 9.95. The predicted molar refractivity (Wildman–Crippen MR) is 123 cm³/mol. The van der Waals surface area contributed by atoms with Gasteiger partial charge in [0.2, 0.25) is 5.91 Å². The Hall–Kier alpha value is -3.06. The van der Waals surface area contributed by atoms with E-state index in [2.05, 4.69) is 10.3 Å². The van der Waals surface area contributed by atoms with Gasteiger partial charge in [-0.05, 0) is 49.2 Å². The zero-order valence-corrected chi connectivity index (χ0v) is 19.1. The van der Waals surface area contributed by atoms with Gasteiger partial charge in [0.05, 0.1) is 12.7 Å². The average Bonchev–Trinajstić information content (AvgIpc) is 3.22. The lowest BCUT2D eigenvalue weighted by molar-refractivity contribution is -0.121. The van der Waals surface area contributed by atoms with Crippen LogP contribution in [0, 0.1) is 5.92 Å². The molecule has 8 heteroatoms. The number of nitrogens with zero attached hydrogens (tertiary/aromatic N) is 2. The quantitative estimate of drug-likeness (QED) is 0.578. The third kappa shape index (κ3) is 4.58. The van der Waals surface area contributed by atoms with Gasteiger partial charge in [-0.2, -0.15) is 0 Å². The van der Waals surface area contributed by atoms with Crippen molar-refractivity contribution in [1.29, 1.82) is 0 Å². The summed E-state index contributed by atoms with van der Waals surface area (Å²) >= 11 is 6.06. The number of hydrogen-bond donors (Lipinski definition) is 1. The first-order chi connectivity index (χ1) is 15.4. The van der Waals surface area contributed by atoms with E-state index in [1.807, 2.05) is 32.0 Å². The number of piperidine rings is 1. The van der Waals surface area contributed by atoms with E-state index in [1.165, 1.54) is 7.11 Å². The maximum atomic E-state index is 12.9. The number of likely N-dealkylation sites (tertiary alicyclic amines) is 1. The van der Waals surface area contributed by atoms with E-state index in [1.54, 1.807) is 23.1 Å². The number of halogens is 1. The van der Waals surface area contributed by atoms with Crippen molar-refractivity contribution in [3.05, 3.63) is 52.9 Å². The number of benzene rings is 2. The normalized spacial score (nSPS) is 14.7. The molecule has 0 aliphatic carbocycles. The third-order valence-electron chi connectivity index (χ3n) is 5.71. The second-order valence-electron chi connectivity index (χ2n) is 8.29. The molecule has 1 aliphatic heterocycles. The second-order valence-corrected chi connectivity index (χ2v) is 8.73. The topological polar surface area (TPSA) is 84.7 Å². The SMILES string of the molecule is COc1ccc(Cl)cc1C(=O)N1CCC(C(=O)Nc2ccc3oc(C(C)C)nc3c2)CC1. The minimum atomic E-state index is -0.167. The van der Waals surface area contributed by atoms with E-state index in [4.69, 9.17) is 20.8 Å². The van der Waals surface area contributed by atoms with Crippen LogP contribution in [0.5, 0.6) is 5.75 Å². The van der Waals surface area contributed by atoms with E-state index >= 15 is 0 Å². The highest BCUT2D eigenvalue weighted by molar-refractivity contribution is 6.31. The molecule has 0 radical (unpaired) electrons. The number of hydrogen-bond acceptors (Lipinski definition) is 5. The zero-order valence-electron chi connectivity index (χ0n) is 18.4. The molecule has 0 spiro atoms. The number of ether oxygens (including phenoxy) is 1. The van der Waals surface area contributed by atoms with Crippen LogP contribution in [0.15, 0.2) is 40.8 Å². The molecular weight excluding hydrogens is 430 g/mol. The van der Waals surface area contributed by atoms with Crippen molar-refractivity contribution in [3.63, 3.8) is 0 Å². The Morgan fingerprint density at radius 2 is 1.94 bits per heavy atom. The van der Waals surface area contributed by atoms with Gasteiger partial charge in [-0.25, -0.2) is 4.98 Å². The summed E-state index contributed by atoms with van der Waals surface area (Å²) in [6, 6.07) is 10.5. The monoisotopic (exact) mass is 455 g/mol. The van der Waals surface area contributed by atoms with E-state index < -0.39 is 0 Å². The highest BCUT2D eigenvalue weighted by Gasteiger charge is 2.29. The van der Waals surface area contributed by atoms with Crippen LogP contribution in [0.3, 0.4) is 0 Å². The van der Waals surface area contributed by atoms with Crippen molar-refractivity contribution in [1.82, 2.24) is 9.88 Å². The standard InChI is InChI=1S/C24H26ClN3O4/c1-14(2)23-27-19-13-17(5-7-21(19)32-23)26-22(29)15-8-10-28(11-9-15)24(30)18-12-16(25)4-6-20(18)31-3/h4-7,12-15H,8-11H2,1-3H3,(H,26,29). The van der Waals surface area contributed by atoms with Crippen LogP contribution in [-0.4, -0.2) is 41.9 Å². The molecule has 32 heavy (non-hydrogen) atoms. The molecule has 2 aromatic carbocycles. The van der Waals surface area contributed by atoms with Gasteiger partial charge in [0.1, 0.15) is 11.3 Å². The summed E-state index contributed by atoms with van der Waals surface area (Å²) in [6.45, 7) is 5.03. The molecule has 1 saturated heterocycles. The first kappa shape index (κ1) is 22.1. The number of carbonyl (C=O) groups is 2. The number of carbonyl (C=O) groups excluding carboxylic acids is 2. The summed E-state index contributed by atoms with van der Waals surface area (Å²) in [7, 11) is 1.52. The van der Waals surface area contributed by atoms with Gasteiger partial charge in [0, 0.05) is 35.6 Å². The van der Waals surface area contributed by atoms with E-state index in [9.17, 15) is 9.59 Å². The Morgan fingerprint density at radius 1 is 1.19 bits per heavy atom. The van der Waals surface area contributed by atoms with Crippen LogP contribution in [0.4, 0.5) is 5.69 Å². The molecule has 0 unspecified atom stereocenters. The van der Waals surface area contributed by atoms with E-state index in [-0.39, 0.29) is 23.7 Å². The van der Waals surface area contributed by atoms with Crippen LogP contribution in [-0.2, 0) is 4.79 Å². The molecule has 0 saturated carbocycles. The van der Waals surface area contributed by atoms with Crippen LogP contribution >= 0.6 is 11.6 Å². The van der Waals surface area contributed by atoms with Crippen molar-refractivity contribution in [2.45, 2.75) is 32.6 Å². The van der Waals surface area contributed by atoms with E-state index in [0.29, 0.717) is 59.4 Å². The van der Waals surface area contributed by atoms with Crippen molar-refractivity contribution in [2.24, 2.45) is 5.92 Å². The van der Waals surface area contributed by atoms with Gasteiger partial charge in [0.15, 0.2) is 11.5 Å². The molecule has 1 N–H and O–H groups in total. The molecule has 2 heterocycles. The Morgan fingerprint density at radius 3 is 2.62 bits per heavy atom. The summed E-state index contributed by atoms with van der Waals surface area (Å²) in [4.78, 5) is 32.0. The Balaban J connectivity index is 1.38. The first-order valence-corrected chi connectivity index (χ1v) is 11.1. The fourth-order valence-electron chi connectivity index (χ4n) is 3.88. The Bertz CT molecular complexity index is 1150. The maximum absolute atomic E-state index is 12.9. The summed E-state index contributed by atoms with van der Waals surface area (Å²) in [5.41, 5.74) is 2.55. The molecule has 1 aliphatic rings. The van der Waals surface area contributed by atoms with Crippen LogP contribution in [0.25, 0.3) is 11.1 Å². The maximum Gasteiger partial charge on any atom is 0.257 e. The fourth-order valence-corrected chi connectivity index (χ4v) is 4.05. The summed E-state index contributed by atoms with van der Waals surface area (Å²) in [5, 5.41) is 3.46. The van der Waals surface area contributed by atoms with Crippen molar-refractivity contribution < 1.29 is 18.7 Å². The fraction of sp³-hybridized carbons (Fsp3) is 0.375. The molecule has 2 amide bonds. The smallest absolute Gasteiger partial charge is 0.257 e. The second kappa shape index (κ2) is 9.20. The lowest BCUT2D eigenvalue weighted by Gasteiger charge is -2.31. The van der Waals surface area contributed by atoms with Crippen LogP contribution < -0.4 is 10.1 Å². The van der Waals surface area contributed by atoms with Gasteiger partial charge in [-0.1, -0.05) is 25.4 Å². The van der Waals surface area contributed by atoms with Gasteiger partial charge in [0.25, 0.3) is 5.91 Å². The van der Waals surface area contributed by atoms with Gasteiger partial charge in [-0.15, -0.1) is 0 Å². The highest BCUT2D eigenvalue weighted by atomic mass is 35.5. The summed E-state index contributed by atoms with van der Waals surface area (Å²) in [5.74, 6) is 1.00. The first-order valence-electron chi connectivity index (χ1n) is 10.7. The molecule has 0 atom stereocenters. The number of rotatable bonds is 5. The number of methoxy groups -OCH3 is 1. The molecule has 1 aromatic heterocycles. The van der Waals surface area contributed by atoms with Crippen molar-refractivity contribution in [3.8, 4) is 5.75 Å². The Kier molecular flexibility index (Phi) is 6.37. The zero-order chi connectivity index (χ0) is 22.8. The highest BCUT2D eigenvalue weighted by Crippen LogP contribution is 2.28. The minimum Gasteiger partial charge on any atom is -0.496 e. The van der Waals surface area contributed by atoms with Gasteiger partial charge < -0.3 is 19.4 Å². The molecule has 1 fully saturated rings. The third-order valence-corrected chi connectivity index (χ3v) is 5.95. The van der Waals surface area contributed by atoms with Crippen molar-refractivity contribution >= 4 is 40.2 Å². The number of anilines is 1. The molecular formula is C24H26ClN3O4. The molecule has 7 nitrogen and oxygen atoms in total. The largest absolute Gasteiger partial charge is 0.496 e.